The lowest BCUT2D eigenvalue weighted by Gasteiger charge is -2.39. The molecule has 8 nitrogen and oxygen atoms in total. The van der Waals surface area contributed by atoms with Crippen LogP contribution in [0.1, 0.15) is 45.6 Å². The monoisotopic (exact) mass is 558 g/mol. The van der Waals surface area contributed by atoms with Crippen LogP contribution in [-0.2, 0) is 23.9 Å². The van der Waals surface area contributed by atoms with Crippen LogP contribution in [0.2, 0.25) is 5.02 Å². The minimum absolute atomic E-state index is 0.127. The molecule has 2 amide bonds. The molecule has 9 heteroatoms. The van der Waals surface area contributed by atoms with Crippen LogP contribution in [0.15, 0.2) is 43.5 Å². The second kappa shape index (κ2) is 11.1. The predicted octanol–water partition coefficient (Wildman–Crippen LogP) is 4.07. The van der Waals surface area contributed by atoms with Gasteiger partial charge in [-0.25, -0.2) is 0 Å². The van der Waals surface area contributed by atoms with Gasteiger partial charge in [0.05, 0.1) is 41.5 Å². The van der Waals surface area contributed by atoms with Crippen LogP contribution < -0.4 is 4.90 Å². The van der Waals surface area contributed by atoms with Crippen molar-refractivity contribution in [2.45, 2.75) is 70.2 Å². The maximum absolute atomic E-state index is 14.7. The Hall–Kier alpha value is -2.68. The highest BCUT2D eigenvalue weighted by Gasteiger charge is 2.80. The summed E-state index contributed by atoms with van der Waals surface area (Å²) in [4.78, 5) is 45.5. The van der Waals surface area contributed by atoms with Gasteiger partial charge in [-0.3, -0.25) is 14.4 Å². The summed E-state index contributed by atoms with van der Waals surface area (Å²) >= 11 is 6.60. The van der Waals surface area contributed by atoms with Crippen molar-refractivity contribution in [1.29, 1.82) is 0 Å². The molecule has 2 bridgehead atoms. The molecular weight excluding hydrogens is 520 g/mol. The van der Waals surface area contributed by atoms with Crippen LogP contribution in [0.25, 0.3) is 0 Å². The molecule has 1 aromatic carbocycles. The number of ether oxygens (including phenoxy) is 2. The first kappa shape index (κ1) is 29.3. The maximum atomic E-state index is 14.7. The third kappa shape index (κ3) is 4.41. The van der Waals surface area contributed by atoms with Crippen molar-refractivity contribution in [3.8, 4) is 0 Å². The van der Waals surface area contributed by atoms with Crippen LogP contribution in [0, 0.1) is 24.7 Å². The van der Waals surface area contributed by atoms with Crippen LogP contribution in [0.3, 0.4) is 0 Å². The summed E-state index contributed by atoms with van der Waals surface area (Å²) in [5.41, 5.74) is -0.930. The van der Waals surface area contributed by atoms with Gasteiger partial charge < -0.3 is 24.4 Å². The number of halogens is 1. The Labute approximate surface area is 235 Å². The van der Waals surface area contributed by atoms with Gasteiger partial charge in [-0.1, -0.05) is 49.7 Å². The fourth-order valence-corrected chi connectivity index (χ4v) is 7.31. The van der Waals surface area contributed by atoms with Crippen molar-refractivity contribution < 1.29 is 29.0 Å². The fourth-order valence-electron chi connectivity index (χ4n) is 6.99. The average molecular weight is 559 g/mol. The average Bonchev–Trinajstić information content (AvgIpc) is 3.41. The number of anilines is 1. The number of rotatable bonds is 11. The highest BCUT2D eigenvalue weighted by atomic mass is 35.5. The molecule has 7 atom stereocenters. The Balaban J connectivity index is 1.87. The lowest BCUT2D eigenvalue weighted by Crippen LogP contribution is -2.59. The molecule has 4 rings (SSSR count). The van der Waals surface area contributed by atoms with Gasteiger partial charge in [0.15, 0.2) is 0 Å². The number of carbonyl (C=O) groups excluding carboxylic acids is 3. The van der Waals surface area contributed by atoms with Crippen molar-refractivity contribution in [2.24, 2.45) is 17.8 Å². The van der Waals surface area contributed by atoms with Gasteiger partial charge in [0.1, 0.15) is 17.6 Å². The lowest BCUT2D eigenvalue weighted by molar-refractivity contribution is -0.162. The zero-order chi connectivity index (χ0) is 28.7. The van der Waals surface area contributed by atoms with Crippen molar-refractivity contribution in [1.82, 2.24) is 4.90 Å². The van der Waals surface area contributed by atoms with Crippen LogP contribution in [0.5, 0.6) is 0 Å². The van der Waals surface area contributed by atoms with Crippen molar-refractivity contribution in [2.75, 3.05) is 24.7 Å². The van der Waals surface area contributed by atoms with Gasteiger partial charge in [0, 0.05) is 6.54 Å². The number of hydrogen-bond donors (Lipinski definition) is 1. The molecule has 0 aromatic heterocycles. The summed E-state index contributed by atoms with van der Waals surface area (Å²) in [5, 5.41) is 10.7. The minimum Gasteiger partial charge on any atom is -0.465 e. The van der Waals surface area contributed by atoms with E-state index in [1.54, 1.807) is 18.2 Å². The van der Waals surface area contributed by atoms with E-state index in [0.29, 0.717) is 30.0 Å². The molecule has 3 unspecified atom stereocenters. The molecule has 1 spiro atoms. The van der Waals surface area contributed by atoms with E-state index in [4.69, 9.17) is 21.1 Å². The van der Waals surface area contributed by atoms with Gasteiger partial charge in [-0.05, 0) is 50.7 Å². The number of hydrogen-bond acceptors (Lipinski definition) is 6. The van der Waals surface area contributed by atoms with E-state index >= 15 is 0 Å². The summed E-state index contributed by atoms with van der Waals surface area (Å²) in [5.74, 6) is -3.19. The number of nitrogens with zero attached hydrogens (tertiary/aromatic N) is 2. The smallest absolute Gasteiger partial charge is 0.312 e. The maximum Gasteiger partial charge on any atom is 0.312 e. The van der Waals surface area contributed by atoms with Crippen LogP contribution >= 0.6 is 11.6 Å². The van der Waals surface area contributed by atoms with Gasteiger partial charge >= 0.3 is 5.97 Å². The molecule has 1 N–H and O–H groups in total. The van der Waals surface area contributed by atoms with Gasteiger partial charge in [-0.15, -0.1) is 13.2 Å². The summed E-state index contributed by atoms with van der Waals surface area (Å²) in [6.45, 7) is 15.0. The zero-order valence-electron chi connectivity index (χ0n) is 23.2. The second-order valence-corrected chi connectivity index (χ2v) is 11.5. The first-order chi connectivity index (χ1) is 18.5. The number of esters is 1. The van der Waals surface area contributed by atoms with Gasteiger partial charge in [-0.2, -0.15) is 0 Å². The van der Waals surface area contributed by atoms with E-state index in [1.807, 2.05) is 39.8 Å². The number of amides is 2. The molecule has 3 aliphatic rings. The Morgan fingerprint density at radius 2 is 2.08 bits per heavy atom. The Morgan fingerprint density at radius 1 is 1.36 bits per heavy atom. The zero-order valence-corrected chi connectivity index (χ0v) is 23.9. The number of benzene rings is 1. The molecule has 3 heterocycles. The van der Waals surface area contributed by atoms with Crippen molar-refractivity contribution >= 4 is 35.1 Å². The number of carbonyl (C=O) groups is 3. The minimum atomic E-state index is -1.26. The highest BCUT2D eigenvalue weighted by molar-refractivity contribution is 6.34. The SMILES string of the molecule is C=CCCOC(=O)[C@H]1[C@H]2C(=O)N([C@@H](CC)CO)C(C(=O)N(CC=C)c3c(C)cccc3Cl)C23CC(C)[C@]1(C)O3. The topological polar surface area (TPSA) is 96.4 Å². The number of aliphatic hydroxyl groups excluding tert-OH is 1. The predicted molar refractivity (Wildman–Crippen MR) is 149 cm³/mol. The third-order valence-electron chi connectivity index (χ3n) is 8.92. The van der Waals surface area contributed by atoms with E-state index in [-0.39, 0.29) is 37.5 Å². The second-order valence-electron chi connectivity index (χ2n) is 11.1. The van der Waals surface area contributed by atoms with Crippen molar-refractivity contribution in [3.63, 3.8) is 0 Å². The standard InChI is InChI=1S/C30H39ClN2O6/c1-7-10-15-38-28(37)23-22-26(35)33(20(9-3)17-34)25(30(22)16-19(5)29(23,6)39-30)27(36)32(14-8-2)24-18(4)12-11-13-21(24)31/h7-8,11-13,19-20,22-23,25,34H,1-2,9-10,14-17H2,3-6H3/t19?,20-,22-,23+,25?,29-,30?/m0/s1. The lowest BCUT2D eigenvalue weighted by atomic mass is 9.62. The molecule has 39 heavy (non-hydrogen) atoms. The quantitative estimate of drug-likeness (QED) is 0.250. The summed E-state index contributed by atoms with van der Waals surface area (Å²) in [6.07, 6.45) is 4.58. The van der Waals surface area contributed by atoms with Crippen LogP contribution in [0.4, 0.5) is 5.69 Å². The van der Waals surface area contributed by atoms with Gasteiger partial charge in [0.2, 0.25) is 5.91 Å². The molecule has 0 saturated carbocycles. The first-order valence-electron chi connectivity index (χ1n) is 13.6. The number of aliphatic hydroxyl groups is 1. The summed E-state index contributed by atoms with van der Waals surface area (Å²) < 4.78 is 12.3. The number of likely N-dealkylation sites (tertiary alicyclic amines) is 1. The third-order valence-corrected chi connectivity index (χ3v) is 9.22. The molecule has 3 saturated heterocycles. The number of para-hydroxylation sites is 1. The first-order valence-corrected chi connectivity index (χ1v) is 14.0. The van der Waals surface area contributed by atoms with E-state index in [1.165, 1.54) is 9.80 Å². The molecular formula is C30H39ClN2O6. The van der Waals surface area contributed by atoms with E-state index in [2.05, 4.69) is 13.2 Å². The van der Waals surface area contributed by atoms with Crippen molar-refractivity contribution in [3.05, 3.63) is 54.1 Å². The van der Waals surface area contributed by atoms with Gasteiger partial charge in [0.25, 0.3) is 5.91 Å². The summed E-state index contributed by atoms with van der Waals surface area (Å²) in [6, 6.07) is 3.68. The van der Waals surface area contributed by atoms with E-state index in [9.17, 15) is 19.5 Å². The largest absolute Gasteiger partial charge is 0.465 e. The Bertz CT molecular complexity index is 1150. The molecule has 3 aliphatic heterocycles. The molecule has 0 aliphatic carbocycles. The molecule has 3 fully saturated rings. The summed E-state index contributed by atoms with van der Waals surface area (Å²) in [7, 11) is 0. The Morgan fingerprint density at radius 3 is 2.67 bits per heavy atom. The molecule has 212 valence electrons. The molecule has 1 aromatic rings. The number of fused-ring (bicyclic) bond motifs is 1. The van der Waals surface area contributed by atoms with E-state index < -0.39 is 41.1 Å². The Kier molecular flexibility index (Phi) is 8.31. The fraction of sp³-hybridized carbons (Fsp3) is 0.567. The molecule has 0 radical (unpaired) electrons. The highest BCUT2D eigenvalue weighted by Crippen LogP contribution is 2.65. The van der Waals surface area contributed by atoms with Crippen LogP contribution in [-0.4, -0.2) is 70.8 Å². The number of aryl methyl sites for hydroxylation is 1. The normalized spacial score (nSPS) is 31.6. The van der Waals surface area contributed by atoms with E-state index in [0.717, 1.165) is 5.56 Å².